The number of hydrogen-bond acceptors (Lipinski definition) is 2. The van der Waals surface area contributed by atoms with Crippen LogP contribution in [-0.4, -0.2) is 11.5 Å². The molecule has 96 valence electrons. The minimum absolute atomic E-state index is 0.0209. The Morgan fingerprint density at radius 1 is 1.22 bits per heavy atom. The average molecular weight is 264 g/mol. The Morgan fingerprint density at radius 2 is 1.83 bits per heavy atom. The summed E-state index contributed by atoms with van der Waals surface area (Å²) in [6.45, 7) is 1.59. The molecule has 1 aromatic rings. The first-order valence-corrected chi connectivity index (χ1v) is 6.81. The molecular formula is C15H18ClNO. The summed E-state index contributed by atoms with van der Waals surface area (Å²) in [4.78, 5) is 11.8. The lowest BCUT2D eigenvalue weighted by molar-refractivity contribution is -0.117. The van der Waals surface area contributed by atoms with Crippen LogP contribution in [0.5, 0.6) is 0 Å². The van der Waals surface area contributed by atoms with Crippen molar-refractivity contribution in [3.63, 3.8) is 0 Å². The highest BCUT2D eigenvalue weighted by atomic mass is 35.5. The van der Waals surface area contributed by atoms with Crippen LogP contribution in [-0.2, 0) is 4.79 Å². The zero-order valence-electron chi connectivity index (χ0n) is 10.6. The Morgan fingerprint density at radius 3 is 2.39 bits per heavy atom. The van der Waals surface area contributed by atoms with Gasteiger partial charge in [-0.2, -0.15) is 0 Å². The largest absolute Gasteiger partial charge is 0.302 e. The molecule has 2 nitrogen and oxygen atoms in total. The Bertz CT molecular complexity index is 461. The highest BCUT2D eigenvalue weighted by Crippen LogP contribution is 2.38. The highest BCUT2D eigenvalue weighted by Gasteiger charge is 2.28. The maximum atomic E-state index is 11.8. The van der Waals surface area contributed by atoms with Gasteiger partial charge < -0.3 is 5.41 Å². The molecule has 1 N–H and O–H groups in total. The van der Waals surface area contributed by atoms with E-state index in [0.717, 1.165) is 30.7 Å². The molecule has 1 fully saturated rings. The second-order valence-electron chi connectivity index (χ2n) is 5.06. The van der Waals surface area contributed by atoms with Crippen LogP contribution < -0.4 is 0 Å². The summed E-state index contributed by atoms with van der Waals surface area (Å²) in [5.41, 5.74) is 1.40. The zero-order chi connectivity index (χ0) is 13.1. The van der Waals surface area contributed by atoms with Crippen LogP contribution in [0.15, 0.2) is 24.3 Å². The fraction of sp³-hybridized carbons (Fsp3) is 0.467. The van der Waals surface area contributed by atoms with E-state index in [-0.39, 0.29) is 17.4 Å². The molecule has 2 rings (SSSR count). The lowest BCUT2D eigenvalue weighted by atomic mass is 9.76. The molecular weight excluding hydrogens is 246 g/mol. The maximum Gasteiger partial charge on any atom is 0.179 e. The third-order valence-electron chi connectivity index (χ3n) is 3.81. The number of ketones is 1. The van der Waals surface area contributed by atoms with E-state index in [2.05, 4.69) is 6.07 Å². The number of Topliss-reactive ketones (excluding diaryl/α,β-unsaturated/α-hetero) is 1. The molecule has 0 unspecified atom stereocenters. The number of rotatable bonds is 3. The number of halogens is 1. The summed E-state index contributed by atoms with van der Waals surface area (Å²) in [5.74, 6) is 0.544. The van der Waals surface area contributed by atoms with Gasteiger partial charge in [-0.3, -0.25) is 4.79 Å². The normalized spacial score (nSPS) is 23.7. The van der Waals surface area contributed by atoms with Crippen LogP contribution in [0.4, 0.5) is 0 Å². The molecule has 0 spiro atoms. The Kier molecular flexibility index (Phi) is 4.18. The molecule has 0 saturated heterocycles. The molecule has 1 aliphatic carbocycles. The van der Waals surface area contributed by atoms with Crippen LogP contribution in [0.25, 0.3) is 0 Å². The van der Waals surface area contributed by atoms with Crippen molar-refractivity contribution in [3.05, 3.63) is 34.9 Å². The molecule has 0 aromatic heterocycles. The summed E-state index contributed by atoms with van der Waals surface area (Å²) in [6, 6.07) is 7.96. The topological polar surface area (TPSA) is 40.9 Å². The number of hydrogen-bond donors (Lipinski definition) is 1. The van der Waals surface area contributed by atoms with Crippen molar-refractivity contribution in [2.24, 2.45) is 5.92 Å². The van der Waals surface area contributed by atoms with Gasteiger partial charge in [0.05, 0.1) is 5.71 Å². The van der Waals surface area contributed by atoms with E-state index in [9.17, 15) is 4.79 Å². The molecule has 1 aliphatic rings. The van der Waals surface area contributed by atoms with Crippen molar-refractivity contribution in [1.82, 2.24) is 0 Å². The Balaban J connectivity index is 2.01. The van der Waals surface area contributed by atoms with E-state index < -0.39 is 0 Å². The molecule has 1 saturated carbocycles. The predicted molar refractivity (Wildman–Crippen MR) is 74.6 cm³/mol. The number of benzene rings is 1. The standard InChI is InChI=1S/C15H18ClNO/c1-10(17)15(18)12-8-6-11(7-9-12)13-4-2-3-5-14(13)16/h2-5,11-12,17H,6-9H2,1H3. The van der Waals surface area contributed by atoms with Gasteiger partial charge >= 0.3 is 0 Å². The summed E-state index contributed by atoms with van der Waals surface area (Å²) in [6.07, 6.45) is 3.75. The fourth-order valence-corrected chi connectivity index (χ4v) is 3.07. The molecule has 18 heavy (non-hydrogen) atoms. The fourth-order valence-electron chi connectivity index (χ4n) is 2.78. The van der Waals surface area contributed by atoms with Gasteiger partial charge in [-0.1, -0.05) is 29.8 Å². The van der Waals surface area contributed by atoms with Crippen molar-refractivity contribution < 1.29 is 4.79 Å². The van der Waals surface area contributed by atoms with Crippen LogP contribution in [0, 0.1) is 11.3 Å². The molecule has 3 heteroatoms. The smallest absolute Gasteiger partial charge is 0.179 e. The summed E-state index contributed by atoms with van der Waals surface area (Å²) in [7, 11) is 0. The van der Waals surface area contributed by atoms with Gasteiger partial charge in [-0.25, -0.2) is 0 Å². The molecule has 0 amide bonds. The van der Waals surface area contributed by atoms with Gasteiger partial charge in [0.15, 0.2) is 5.78 Å². The van der Waals surface area contributed by atoms with E-state index in [4.69, 9.17) is 17.0 Å². The molecule has 1 aromatic carbocycles. The number of carbonyl (C=O) groups excluding carboxylic acids is 1. The second kappa shape index (κ2) is 5.66. The van der Waals surface area contributed by atoms with Gasteiger partial charge in [-0.15, -0.1) is 0 Å². The Labute approximate surface area is 113 Å². The van der Waals surface area contributed by atoms with Crippen molar-refractivity contribution in [3.8, 4) is 0 Å². The van der Waals surface area contributed by atoms with E-state index >= 15 is 0 Å². The lowest BCUT2D eigenvalue weighted by Gasteiger charge is -2.28. The van der Waals surface area contributed by atoms with E-state index in [1.807, 2.05) is 18.2 Å². The van der Waals surface area contributed by atoms with Crippen LogP contribution in [0.2, 0.25) is 5.02 Å². The van der Waals surface area contributed by atoms with Crippen LogP contribution in [0.3, 0.4) is 0 Å². The molecule has 0 bridgehead atoms. The van der Waals surface area contributed by atoms with Crippen molar-refractivity contribution in [2.75, 3.05) is 0 Å². The minimum atomic E-state index is 0.0209. The van der Waals surface area contributed by atoms with Crippen molar-refractivity contribution >= 4 is 23.1 Å². The molecule has 0 atom stereocenters. The first-order valence-electron chi connectivity index (χ1n) is 6.43. The Hall–Kier alpha value is -1.15. The summed E-state index contributed by atoms with van der Waals surface area (Å²) < 4.78 is 0. The SMILES string of the molecule is CC(=N)C(=O)C1CCC(c2ccccc2Cl)CC1. The third-order valence-corrected chi connectivity index (χ3v) is 4.16. The van der Waals surface area contributed by atoms with Gasteiger partial charge in [-0.05, 0) is 50.2 Å². The summed E-state index contributed by atoms with van der Waals surface area (Å²) >= 11 is 6.21. The van der Waals surface area contributed by atoms with Gasteiger partial charge in [0.25, 0.3) is 0 Å². The van der Waals surface area contributed by atoms with E-state index in [0.29, 0.717) is 5.92 Å². The monoisotopic (exact) mass is 263 g/mol. The van der Waals surface area contributed by atoms with Crippen LogP contribution >= 0.6 is 11.6 Å². The first-order chi connectivity index (χ1) is 8.59. The molecule has 0 radical (unpaired) electrons. The minimum Gasteiger partial charge on any atom is -0.302 e. The van der Waals surface area contributed by atoms with Crippen molar-refractivity contribution in [2.45, 2.75) is 38.5 Å². The average Bonchev–Trinajstić information content (AvgIpc) is 2.38. The van der Waals surface area contributed by atoms with Crippen LogP contribution in [0.1, 0.15) is 44.1 Å². The zero-order valence-corrected chi connectivity index (χ0v) is 11.3. The molecule has 0 heterocycles. The van der Waals surface area contributed by atoms with Gasteiger partial charge in [0.2, 0.25) is 0 Å². The number of nitrogens with one attached hydrogen (secondary N) is 1. The number of carbonyl (C=O) groups is 1. The van der Waals surface area contributed by atoms with Gasteiger partial charge in [0, 0.05) is 10.9 Å². The third kappa shape index (κ3) is 2.81. The van der Waals surface area contributed by atoms with Gasteiger partial charge in [0.1, 0.15) is 0 Å². The first kappa shape index (κ1) is 13.3. The summed E-state index contributed by atoms with van der Waals surface area (Å²) in [5, 5.41) is 8.24. The molecule has 0 aliphatic heterocycles. The maximum absolute atomic E-state index is 11.8. The van der Waals surface area contributed by atoms with Crippen molar-refractivity contribution in [1.29, 1.82) is 5.41 Å². The highest BCUT2D eigenvalue weighted by molar-refractivity contribution is 6.38. The van der Waals surface area contributed by atoms with E-state index in [1.54, 1.807) is 6.92 Å². The quantitative estimate of drug-likeness (QED) is 0.815. The van der Waals surface area contributed by atoms with E-state index in [1.165, 1.54) is 5.56 Å². The lowest BCUT2D eigenvalue weighted by Crippen LogP contribution is -2.25. The predicted octanol–water partition coefficient (Wildman–Crippen LogP) is 4.22. The second-order valence-corrected chi connectivity index (χ2v) is 5.47.